The third-order valence-corrected chi connectivity index (χ3v) is 3.71. The van der Waals surface area contributed by atoms with Crippen molar-refractivity contribution in [2.45, 2.75) is 19.6 Å². The molecular formula is C10H18N2O2SSi. The molecule has 0 spiro atoms. The summed E-state index contributed by atoms with van der Waals surface area (Å²) < 4.78 is 4.56. The first-order chi connectivity index (χ1) is 7.35. The SMILES string of the molecule is COC(=O)/C(C#N)=C(/NC[Si](C)(C)C)SC. The molecule has 0 saturated heterocycles. The highest BCUT2D eigenvalue weighted by Crippen LogP contribution is 2.15. The van der Waals surface area contributed by atoms with Crippen molar-refractivity contribution in [3.05, 3.63) is 10.6 Å². The van der Waals surface area contributed by atoms with Crippen LogP contribution in [0.1, 0.15) is 0 Å². The lowest BCUT2D eigenvalue weighted by molar-refractivity contribution is -0.135. The zero-order valence-electron chi connectivity index (χ0n) is 10.4. The van der Waals surface area contributed by atoms with Crippen LogP contribution in [0.5, 0.6) is 0 Å². The van der Waals surface area contributed by atoms with Gasteiger partial charge in [-0.15, -0.1) is 11.8 Å². The van der Waals surface area contributed by atoms with Crippen molar-refractivity contribution < 1.29 is 9.53 Å². The van der Waals surface area contributed by atoms with Gasteiger partial charge in [-0.1, -0.05) is 19.6 Å². The molecule has 0 fully saturated rings. The van der Waals surface area contributed by atoms with Crippen LogP contribution in [0, 0.1) is 11.3 Å². The Morgan fingerprint density at radius 1 is 1.50 bits per heavy atom. The van der Waals surface area contributed by atoms with Crippen molar-refractivity contribution in [3.63, 3.8) is 0 Å². The fraction of sp³-hybridized carbons (Fsp3) is 0.600. The van der Waals surface area contributed by atoms with Gasteiger partial charge in [0, 0.05) is 6.17 Å². The summed E-state index contributed by atoms with van der Waals surface area (Å²) in [6, 6.07) is 1.88. The van der Waals surface area contributed by atoms with Crippen molar-refractivity contribution in [2.75, 3.05) is 19.5 Å². The van der Waals surface area contributed by atoms with Crippen LogP contribution >= 0.6 is 11.8 Å². The van der Waals surface area contributed by atoms with Gasteiger partial charge in [0.15, 0.2) is 5.57 Å². The fourth-order valence-corrected chi connectivity index (χ4v) is 2.28. The summed E-state index contributed by atoms with van der Waals surface area (Å²) in [6.45, 7) is 6.63. The first kappa shape index (κ1) is 15.1. The summed E-state index contributed by atoms with van der Waals surface area (Å²) in [4.78, 5) is 11.3. The maximum atomic E-state index is 11.3. The quantitative estimate of drug-likeness (QED) is 0.352. The van der Waals surface area contributed by atoms with Crippen molar-refractivity contribution >= 4 is 25.8 Å². The van der Waals surface area contributed by atoms with Gasteiger partial charge in [0.05, 0.1) is 20.2 Å². The Morgan fingerprint density at radius 3 is 2.38 bits per heavy atom. The number of rotatable bonds is 5. The van der Waals surface area contributed by atoms with E-state index in [0.29, 0.717) is 5.03 Å². The van der Waals surface area contributed by atoms with Gasteiger partial charge in [0.1, 0.15) is 6.07 Å². The molecule has 0 aromatic carbocycles. The van der Waals surface area contributed by atoms with Gasteiger partial charge >= 0.3 is 5.97 Å². The van der Waals surface area contributed by atoms with E-state index in [4.69, 9.17) is 5.26 Å². The molecule has 0 saturated carbocycles. The molecule has 0 amide bonds. The van der Waals surface area contributed by atoms with Crippen molar-refractivity contribution in [1.29, 1.82) is 5.26 Å². The summed E-state index contributed by atoms with van der Waals surface area (Å²) >= 11 is 1.35. The van der Waals surface area contributed by atoms with Crippen molar-refractivity contribution in [3.8, 4) is 6.07 Å². The highest BCUT2D eigenvalue weighted by atomic mass is 32.2. The van der Waals surface area contributed by atoms with Crippen molar-refractivity contribution in [1.82, 2.24) is 5.32 Å². The van der Waals surface area contributed by atoms with Crippen LogP contribution in [0.2, 0.25) is 19.6 Å². The normalized spacial score (nSPS) is 12.5. The Morgan fingerprint density at radius 2 is 2.06 bits per heavy atom. The molecule has 0 aliphatic rings. The maximum absolute atomic E-state index is 11.3. The molecule has 90 valence electrons. The molecule has 0 heterocycles. The van der Waals surface area contributed by atoms with Crippen LogP contribution in [0.3, 0.4) is 0 Å². The summed E-state index contributed by atoms with van der Waals surface area (Å²) in [5.74, 6) is -0.588. The minimum Gasteiger partial charge on any atom is -0.465 e. The van der Waals surface area contributed by atoms with Gasteiger partial charge in [-0.3, -0.25) is 0 Å². The summed E-state index contributed by atoms with van der Waals surface area (Å²) in [5.41, 5.74) is 0.0493. The van der Waals surface area contributed by atoms with Gasteiger partial charge in [-0.25, -0.2) is 4.79 Å². The predicted molar refractivity (Wildman–Crippen MR) is 69.5 cm³/mol. The number of hydrogen-bond donors (Lipinski definition) is 1. The largest absolute Gasteiger partial charge is 0.465 e. The maximum Gasteiger partial charge on any atom is 0.351 e. The van der Waals surface area contributed by atoms with Crippen LogP contribution in [-0.2, 0) is 9.53 Å². The monoisotopic (exact) mass is 258 g/mol. The Labute approximate surface area is 102 Å². The van der Waals surface area contributed by atoms with Gasteiger partial charge < -0.3 is 10.1 Å². The molecule has 0 aliphatic carbocycles. The third-order valence-electron chi connectivity index (χ3n) is 1.71. The van der Waals surface area contributed by atoms with E-state index in [1.54, 1.807) is 0 Å². The number of nitriles is 1. The standard InChI is InChI=1S/C10H18N2O2SSi/c1-14-10(13)8(6-11)9(15-2)12-7-16(3,4)5/h12H,7H2,1-5H3/b9-8-. The fourth-order valence-electron chi connectivity index (χ4n) is 0.899. The second kappa shape index (κ2) is 6.61. The molecule has 1 N–H and O–H groups in total. The van der Waals surface area contributed by atoms with E-state index in [0.717, 1.165) is 6.17 Å². The number of ether oxygens (including phenoxy) is 1. The lowest BCUT2D eigenvalue weighted by Crippen LogP contribution is -2.36. The number of nitrogens with one attached hydrogen (secondary N) is 1. The number of carbonyl (C=O) groups is 1. The van der Waals surface area contributed by atoms with Gasteiger partial charge in [0.25, 0.3) is 0 Å². The average Bonchev–Trinajstić information content (AvgIpc) is 2.21. The molecular weight excluding hydrogens is 240 g/mol. The highest BCUT2D eigenvalue weighted by Gasteiger charge is 2.18. The van der Waals surface area contributed by atoms with Crippen molar-refractivity contribution in [2.24, 2.45) is 0 Å². The van der Waals surface area contributed by atoms with Gasteiger partial charge in [0.2, 0.25) is 0 Å². The molecule has 0 aromatic rings. The Balaban J connectivity index is 4.87. The zero-order valence-corrected chi connectivity index (χ0v) is 12.2. The molecule has 4 nitrogen and oxygen atoms in total. The summed E-state index contributed by atoms with van der Waals surface area (Å²) in [5, 5.41) is 12.7. The molecule has 16 heavy (non-hydrogen) atoms. The Bertz CT molecular complexity index is 329. The van der Waals surface area contributed by atoms with E-state index in [1.807, 2.05) is 12.3 Å². The van der Waals surface area contributed by atoms with E-state index in [2.05, 4.69) is 29.7 Å². The second-order valence-electron chi connectivity index (χ2n) is 4.43. The minimum atomic E-state index is -1.26. The molecule has 0 aliphatic heterocycles. The topological polar surface area (TPSA) is 62.1 Å². The second-order valence-corrected chi connectivity index (χ2v) is 10.7. The molecule has 0 rings (SSSR count). The van der Waals surface area contributed by atoms with E-state index in [-0.39, 0.29) is 5.57 Å². The molecule has 6 heteroatoms. The third kappa shape index (κ3) is 5.23. The molecule has 0 atom stereocenters. The lowest BCUT2D eigenvalue weighted by Gasteiger charge is -2.18. The predicted octanol–water partition coefficient (Wildman–Crippen LogP) is 1.72. The number of thioether (sulfide) groups is 1. The van der Waals surface area contributed by atoms with Crippen LogP contribution in [0.4, 0.5) is 0 Å². The van der Waals surface area contributed by atoms with Crippen LogP contribution in [-0.4, -0.2) is 33.6 Å². The average molecular weight is 258 g/mol. The van der Waals surface area contributed by atoms with E-state index >= 15 is 0 Å². The zero-order chi connectivity index (χ0) is 12.8. The number of hydrogen-bond acceptors (Lipinski definition) is 5. The van der Waals surface area contributed by atoms with E-state index in [9.17, 15) is 4.79 Å². The number of nitrogens with zero attached hydrogens (tertiary/aromatic N) is 1. The first-order valence-electron chi connectivity index (χ1n) is 4.86. The number of esters is 1. The number of methoxy groups -OCH3 is 1. The molecule has 0 unspecified atom stereocenters. The minimum absolute atomic E-state index is 0.0493. The summed E-state index contributed by atoms with van der Waals surface area (Å²) in [6.07, 6.45) is 2.65. The molecule has 0 bridgehead atoms. The van der Waals surface area contributed by atoms with E-state index in [1.165, 1.54) is 18.9 Å². The molecule has 0 aromatic heterocycles. The van der Waals surface area contributed by atoms with Gasteiger partial charge in [-0.2, -0.15) is 5.26 Å². The molecule has 0 radical (unpaired) electrons. The Hall–Kier alpha value is -0.933. The van der Waals surface area contributed by atoms with Gasteiger partial charge in [-0.05, 0) is 6.26 Å². The van der Waals surface area contributed by atoms with Crippen LogP contribution < -0.4 is 5.32 Å². The highest BCUT2D eigenvalue weighted by molar-refractivity contribution is 8.02. The lowest BCUT2D eigenvalue weighted by atomic mass is 10.3. The first-order valence-corrected chi connectivity index (χ1v) is 9.79. The van der Waals surface area contributed by atoms with Crippen LogP contribution in [0.15, 0.2) is 10.6 Å². The summed E-state index contributed by atoms with van der Waals surface area (Å²) in [7, 11) is 0.0140. The number of carbonyl (C=O) groups excluding carboxylic acids is 1. The van der Waals surface area contributed by atoms with E-state index < -0.39 is 14.0 Å². The van der Waals surface area contributed by atoms with Crippen LogP contribution in [0.25, 0.3) is 0 Å². The Kier molecular flexibility index (Phi) is 6.22. The smallest absolute Gasteiger partial charge is 0.351 e.